The van der Waals surface area contributed by atoms with E-state index in [1.165, 1.54) is 0 Å². The Morgan fingerprint density at radius 1 is 1.04 bits per heavy atom. The second-order valence-electron chi connectivity index (χ2n) is 7.54. The van der Waals surface area contributed by atoms with E-state index in [0.29, 0.717) is 19.5 Å². The molecule has 2 atom stereocenters. The van der Waals surface area contributed by atoms with Crippen molar-refractivity contribution in [1.29, 1.82) is 0 Å². The van der Waals surface area contributed by atoms with Crippen LogP contribution in [-0.4, -0.2) is 58.0 Å². The molecule has 4 rings (SSSR count). The minimum Gasteiger partial charge on any atom is -0.394 e. The fraction of sp³-hybridized carbons (Fsp3) is 0.364. The zero-order valence-electron chi connectivity index (χ0n) is 15.4. The second-order valence-corrected chi connectivity index (χ2v) is 7.54. The molecule has 0 unspecified atom stereocenters. The number of hydrogen-bond donors (Lipinski definition) is 1. The van der Waals surface area contributed by atoms with E-state index in [2.05, 4.69) is 0 Å². The number of carbonyl (C=O) groups excluding carboxylic acids is 2. The molecule has 2 heterocycles. The van der Waals surface area contributed by atoms with Crippen molar-refractivity contribution in [2.75, 3.05) is 19.7 Å². The van der Waals surface area contributed by atoms with Crippen LogP contribution in [0.2, 0.25) is 0 Å². The summed E-state index contributed by atoms with van der Waals surface area (Å²) >= 11 is 0. The summed E-state index contributed by atoms with van der Waals surface area (Å²) < 4.78 is 0. The summed E-state index contributed by atoms with van der Waals surface area (Å²) in [6.07, 6.45) is 0.306. The van der Waals surface area contributed by atoms with E-state index in [-0.39, 0.29) is 30.4 Å². The van der Waals surface area contributed by atoms with Crippen LogP contribution in [-0.2, 0) is 16.0 Å². The van der Waals surface area contributed by atoms with E-state index >= 15 is 0 Å². The van der Waals surface area contributed by atoms with Crippen LogP contribution in [0.3, 0.4) is 0 Å². The Labute approximate surface area is 159 Å². The largest absolute Gasteiger partial charge is 0.394 e. The molecule has 2 fully saturated rings. The van der Waals surface area contributed by atoms with Crippen molar-refractivity contribution >= 4 is 11.8 Å². The zero-order chi connectivity index (χ0) is 19.0. The van der Waals surface area contributed by atoms with Crippen LogP contribution in [0.5, 0.6) is 0 Å². The average molecular weight is 364 g/mol. The second kappa shape index (κ2) is 6.82. The number of aliphatic hydroxyl groups excluding tert-OH is 1. The highest BCUT2D eigenvalue weighted by molar-refractivity contribution is 5.83. The lowest BCUT2D eigenvalue weighted by molar-refractivity contribution is -0.202. The van der Waals surface area contributed by atoms with Crippen LogP contribution in [0, 0.1) is 0 Å². The molecule has 2 saturated heterocycles. The number of carbonyl (C=O) groups is 2. The number of hydrogen-bond acceptors (Lipinski definition) is 3. The number of likely N-dealkylation sites (tertiary alicyclic amines) is 2. The van der Waals surface area contributed by atoms with E-state index in [4.69, 9.17) is 0 Å². The van der Waals surface area contributed by atoms with E-state index in [1.807, 2.05) is 65.6 Å². The first-order valence-corrected chi connectivity index (χ1v) is 9.34. The summed E-state index contributed by atoms with van der Waals surface area (Å²) in [5, 5.41) is 10.1. The topological polar surface area (TPSA) is 60.9 Å². The first-order valence-electron chi connectivity index (χ1n) is 9.34. The van der Waals surface area contributed by atoms with Crippen LogP contribution in [0.25, 0.3) is 0 Å². The maximum atomic E-state index is 13.1. The third-order valence-corrected chi connectivity index (χ3v) is 5.96. The molecule has 2 aliphatic rings. The van der Waals surface area contributed by atoms with Gasteiger partial charge in [0.1, 0.15) is 0 Å². The fourth-order valence-corrected chi connectivity index (χ4v) is 4.76. The summed E-state index contributed by atoms with van der Waals surface area (Å²) in [5.41, 5.74) is 1.66. The van der Waals surface area contributed by atoms with E-state index < -0.39 is 5.54 Å². The van der Waals surface area contributed by atoms with Gasteiger partial charge >= 0.3 is 0 Å². The SMILES string of the molecule is CC(=O)N1CC2(C1)[C@H](c1ccccc1)[C@@H](CO)N2C(=O)Cc1ccccc1. The molecule has 1 N–H and O–H groups in total. The highest BCUT2D eigenvalue weighted by atomic mass is 16.3. The molecule has 0 saturated carbocycles. The standard InChI is InChI=1S/C22H24N2O3/c1-16(26)23-14-22(15-23)21(18-10-6-3-7-11-18)19(13-25)24(22)20(27)12-17-8-4-2-5-9-17/h2-11,19,21,25H,12-15H2,1H3/t19-,21-/m1/s1. The number of amides is 2. The number of benzene rings is 2. The summed E-state index contributed by atoms with van der Waals surface area (Å²) in [5.74, 6) is 0.0741. The summed E-state index contributed by atoms with van der Waals surface area (Å²) in [6, 6.07) is 19.4. The molecule has 0 aliphatic carbocycles. The monoisotopic (exact) mass is 364 g/mol. The van der Waals surface area contributed by atoms with Crippen molar-refractivity contribution in [3.05, 3.63) is 71.8 Å². The van der Waals surface area contributed by atoms with Crippen LogP contribution >= 0.6 is 0 Å². The van der Waals surface area contributed by atoms with Gasteiger partial charge in [-0.15, -0.1) is 0 Å². The van der Waals surface area contributed by atoms with Gasteiger partial charge in [-0.25, -0.2) is 0 Å². The molecule has 2 amide bonds. The first kappa shape index (κ1) is 17.7. The van der Waals surface area contributed by atoms with Crippen LogP contribution in [0.1, 0.15) is 24.0 Å². The normalized spacial score (nSPS) is 22.9. The number of aliphatic hydroxyl groups is 1. The maximum Gasteiger partial charge on any atom is 0.227 e. The Morgan fingerprint density at radius 3 is 2.19 bits per heavy atom. The van der Waals surface area contributed by atoms with Gasteiger partial charge in [-0.2, -0.15) is 0 Å². The molecule has 5 nitrogen and oxygen atoms in total. The third-order valence-electron chi connectivity index (χ3n) is 5.96. The highest BCUT2D eigenvalue weighted by Crippen LogP contribution is 2.53. The molecular formula is C22H24N2O3. The van der Waals surface area contributed by atoms with E-state index in [9.17, 15) is 14.7 Å². The van der Waals surface area contributed by atoms with Gasteiger partial charge in [0.05, 0.1) is 24.6 Å². The predicted molar refractivity (Wildman–Crippen MR) is 102 cm³/mol. The molecule has 2 aliphatic heterocycles. The molecule has 140 valence electrons. The van der Waals surface area contributed by atoms with Gasteiger partial charge in [-0.05, 0) is 11.1 Å². The van der Waals surface area contributed by atoms with E-state index in [1.54, 1.807) is 11.8 Å². The predicted octanol–water partition coefficient (Wildman–Crippen LogP) is 1.82. The summed E-state index contributed by atoms with van der Waals surface area (Å²) in [7, 11) is 0. The van der Waals surface area contributed by atoms with E-state index in [0.717, 1.165) is 11.1 Å². The summed E-state index contributed by atoms with van der Waals surface area (Å²) in [4.78, 5) is 28.5. The molecule has 2 aromatic rings. The van der Waals surface area contributed by atoms with Gasteiger partial charge in [-0.1, -0.05) is 60.7 Å². The molecule has 0 radical (unpaired) electrons. The molecular weight excluding hydrogens is 340 g/mol. The Morgan fingerprint density at radius 2 is 1.63 bits per heavy atom. The van der Waals surface area contributed by atoms with Gasteiger partial charge in [-0.3, -0.25) is 9.59 Å². The molecule has 0 aromatic heterocycles. The van der Waals surface area contributed by atoms with Crippen molar-refractivity contribution < 1.29 is 14.7 Å². The lowest BCUT2D eigenvalue weighted by Gasteiger charge is -2.70. The third kappa shape index (κ3) is 2.82. The van der Waals surface area contributed by atoms with Crippen LogP contribution < -0.4 is 0 Å². The van der Waals surface area contributed by atoms with Crippen LogP contribution in [0.15, 0.2) is 60.7 Å². The summed E-state index contributed by atoms with van der Waals surface area (Å²) in [6.45, 7) is 2.53. The molecule has 5 heteroatoms. The van der Waals surface area contributed by atoms with Gasteiger partial charge in [0, 0.05) is 25.9 Å². The average Bonchev–Trinajstić information content (AvgIpc) is 2.61. The minimum atomic E-state index is -0.410. The first-order chi connectivity index (χ1) is 13.1. The highest BCUT2D eigenvalue weighted by Gasteiger charge is 2.67. The lowest BCUT2D eigenvalue weighted by atomic mass is 9.60. The Hall–Kier alpha value is -2.66. The van der Waals surface area contributed by atoms with Gasteiger partial charge in [0.15, 0.2) is 0 Å². The van der Waals surface area contributed by atoms with Crippen molar-refractivity contribution in [2.24, 2.45) is 0 Å². The minimum absolute atomic E-state index is 0.00985. The van der Waals surface area contributed by atoms with Crippen molar-refractivity contribution in [3.63, 3.8) is 0 Å². The Kier molecular flexibility index (Phi) is 4.48. The Bertz CT molecular complexity index is 831. The Balaban J connectivity index is 1.63. The molecule has 27 heavy (non-hydrogen) atoms. The van der Waals surface area contributed by atoms with Gasteiger partial charge in [0.2, 0.25) is 11.8 Å². The lowest BCUT2D eigenvalue weighted by Crippen LogP contribution is -2.86. The van der Waals surface area contributed by atoms with Crippen molar-refractivity contribution in [3.8, 4) is 0 Å². The van der Waals surface area contributed by atoms with Crippen LogP contribution in [0.4, 0.5) is 0 Å². The zero-order valence-corrected chi connectivity index (χ0v) is 15.4. The maximum absolute atomic E-state index is 13.1. The van der Waals surface area contributed by atoms with Crippen molar-refractivity contribution in [2.45, 2.75) is 30.8 Å². The molecule has 2 aromatic carbocycles. The fourth-order valence-electron chi connectivity index (χ4n) is 4.76. The quantitative estimate of drug-likeness (QED) is 0.900. The van der Waals surface area contributed by atoms with Crippen molar-refractivity contribution in [1.82, 2.24) is 9.80 Å². The number of rotatable bonds is 4. The van der Waals surface area contributed by atoms with Gasteiger partial charge < -0.3 is 14.9 Å². The smallest absolute Gasteiger partial charge is 0.227 e. The molecule has 1 spiro atoms. The molecule has 0 bridgehead atoms. The number of nitrogens with zero attached hydrogens (tertiary/aromatic N) is 2. The van der Waals surface area contributed by atoms with Gasteiger partial charge in [0.25, 0.3) is 0 Å².